The maximum atomic E-state index is 13.2. The Morgan fingerprint density at radius 2 is 1.58 bits per heavy atom. The monoisotopic (exact) mass is 450 g/mol. The predicted octanol–water partition coefficient (Wildman–Crippen LogP) is 4.00. The van der Waals surface area contributed by atoms with E-state index in [1.165, 1.54) is 17.9 Å². The van der Waals surface area contributed by atoms with Crippen molar-refractivity contribution in [2.75, 3.05) is 6.61 Å². The maximum absolute atomic E-state index is 13.2. The maximum Gasteiger partial charge on any atom is 0.411 e. The summed E-state index contributed by atoms with van der Waals surface area (Å²) in [5.74, 6) is -0.895. The highest BCUT2D eigenvalue weighted by Crippen LogP contribution is 2.15. The molecule has 0 spiro atoms. The number of hydrogen-bond acceptors (Lipinski definition) is 5. The van der Waals surface area contributed by atoms with Crippen LogP contribution < -0.4 is 5.32 Å². The molecule has 0 aliphatic rings. The second kappa shape index (κ2) is 13.5. The van der Waals surface area contributed by atoms with E-state index in [1.54, 1.807) is 6.08 Å². The largest absolute Gasteiger partial charge is 0.463 e. The molecule has 0 bridgehead atoms. The van der Waals surface area contributed by atoms with Crippen LogP contribution >= 0.6 is 0 Å². The van der Waals surface area contributed by atoms with E-state index >= 15 is 0 Å². The van der Waals surface area contributed by atoms with Gasteiger partial charge in [0.2, 0.25) is 5.91 Å². The Kier molecular flexibility index (Phi) is 10.4. The molecule has 2 amide bonds. The number of carbonyl (C=O) groups is 3. The van der Waals surface area contributed by atoms with E-state index in [9.17, 15) is 14.4 Å². The summed E-state index contributed by atoms with van der Waals surface area (Å²) in [5.41, 5.74) is 1.68. The van der Waals surface area contributed by atoms with E-state index in [0.29, 0.717) is 0 Å². The molecule has 2 aromatic rings. The zero-order valence-electron chi connectivity index (χ0n) is 18.8. The minimum atomic E-state index is -0.884. The zero-order chi connectivity index (χ0) is 24.1. The van der Waals surface area contributed by atoms with Crippen LogP contribution in [0, 0.1) is 0 Å². The molecule has 0 saturated carbocycles. The van der Waals surface area contributed by atoms with Gasteiger partial charge in [-0.3, -0.25) is 14.5 Å². The summed E-state index contributed by atoms with van der Waals surface area (Å²) in [5, 5.41) is 2.77. The lowest BCUT2D eigenvalue weighted by Crippen LogP contribution is -2.52. The first kappa shape index (κ1) is 25.4. The topological polar surface area (TPSA) is 84.9 Å². The number of esters is 1. The van der Waals surface area contributed by atoms with Crippen molar-refractivity contribution in [1.29, 1.82) is 0 Å². The first-order chi connectivity index (χ1) is 15.9. The van der Waals surface area contributed by atoms with Gasteiger partial charge in [0.05, 0.1) is 6.04 Å². The lowest BCUT2D eigenvalue weighted by Gasteiger charge is -2.30. The van der Waals surface area contributed by atoms with Crippen molar-refractivity contribution in [1.82, 2.24) is 10.2 Å². The van der Waals surface area contributed by atoms with Crippen molar-refractivity contribution in [2.24, 2.45) is 0 Å². The summed E-state index contributed by atoms with van der Waals surface area (Å²) in [6.07, 6.45) is 2.62. The lowest BCUT2D eigenvalue weighted by atomic mass is 10.1. The fourth-order valence-corrected chi connectivity index (χ4v) is 3.07. The van der Waals surface area contributed by atoms with Crippen molar-refractivity contribution in [3.63, 3.8) is 0 Å². The predicted molar refractivity (Wildman–Crippen MR) is 126 cm³/mol. The van der Waals surface area contributed by atoms with E-state index in [1.807, 2.05) is 60.7 Å². The number of carbonyl (C=O) groups excluding carboxylic acids is 3. The Bertz CT molecular complexity index is 930. The minimum absolute atomic E-state index is 0.0531. The van der Waals surface area contributed by atoms with Crippen molar-refractivity contribution < 1.29 is 23.9 Å². The molecule has 7 nitrogen and oxygen atoms in total. The minimum Gasteiger partial charge on any atom is -0.463 e. The van der Waals surface area contributed by atoms with E-state index in [2.05, 4.69) is 18.5 Å². The normalized spacial score (nSPS) is 12.0. The van der Waals surface area contributed by atoms with Gasteiger partial charge >= 0.3 is 12.1 Å². The molecule has 0 unspecified atom stereocenters. The third kappa shape index (κ3) is 8.65. The second-order valence-corrected chi connectivity index (χ2v) is 7.35. The van der Waals surface area contributed by atoms with Gasteiger partial charge in [-0.1, -0.05) is 72.8 Å². The van der Waals surface area contributed by atoms with Crippen LogP contribution in [0.25, 0.3) is 0 Å². The van der Waals surface area contributed by atoms with E-state index in [0.717, 1.165) is 11.1 Å². The SMILES string of the molecule is C=CC[C@@H](C(=O)N[C@H](C=C)COC(C)=O)N(Cc1ccccc1)C(=O)OCc1ccccc1. The summed E-state index contributed by atoms with van der Waals surface area (Å²) in [4.78, 5) is 38.8. The Hall–Kier alpha value is -3.87. The molecule has 33 heavy (non-hydrogen) atoms. The van der Waals surface area contributed by atoms with Crippen LogP contribution in [0.3, 0.4) is 0 Å². The number of nitrogens with zero attached hydrogens (tertiary/aromatic N) is 1. The zero-order valence-corrected chi connectivity index (χ0v) is 18.8. The highest BCUT2D eigenvalue weighted by Gasteiger charge is 2.31. The number of hydrogen-bond donors (Lipinski definition) is 1. The first-order valence-corrected chi connectivity index (χ1v) is 10.6. The Labute approximate surface area is 194 Å². The van der Waals surface area contributed by atoms with Gasteiger partial charge < -0.3 is 14.8 Å². The molecule has 0 aromatic heterocycles. The van der Waals surface area contributed by atoms with Crippen LogP contribution in [0.4, 0.5) is 4.79 Å². The quantitative estimate of drug-likeness (QED) is 0.390. The van der Waals surface area contributed by atoms with Gasteiger partial charge in [0.25, 0.3) is 0 Å². The third-order valence-electron chi connectivity index (χ3n) is 4.78. The molecule has 174 valence electrons. The van der Waals surface area contributed by atoms with Gasteiger partial charge in [-0.15, -0.1) is 13.2 Å². The summed E-state index contributed by atoms with van der Waals surface area (Å²) >= 11 is 0. The number of benzene rings is 2. The molecule has 7 heteroatoms. The third-order valence-corrected chi connectivity index (χ3v) is 4.78. The summed E-state index contributed by atoms with van der Waals surface area (Å²) in [6.45, 7) is 8.89. The average molecular weight is 451 g/mol. The molecule has 0 aliphatic heterocycles. The van der Waals surface area contributed by atoms with Crippen molar-refractivity contribution in [3.05, 3.63) is 97.1 Å². The lowest BCUT2D eigenvalue weighted by molar-refractivity contribution is -0.142. The number of nitrogens with one attached hydrogen (secondary N) is 1. The molecule has 0 aliphatic carbocycles. The molecule has 1 N–H and O–H groups in total. The van der Waals surface area contributed by atoms with Gasteiger partial charge in [0, 0.05) is 13.5 Å². The van der Waals surface area contributed by atoms with Crippen LogP contribution in [0.5, 0.6) is 0 Å². The molecule has 0 heterocycles. The van der Waals surface area contributed by atoms with Gasteiger partial charge in [0.1, 0.15) is 19.3 Å². The summed E-state index contributed by atoms with van der Waals surface area (Å²) < 4.78 is 10.5. The van der Waals surface area contributed by atoms with Gasteiger partial charge in [-0.25, -0.2) is 4.79 Å². The van der Waals surface area contributed by atoms with Crippen LogP contribution in [0.1, 0.15) is 24.5 Å². The van der Waals surface area contributed by atoms with Crippen LogP contribution in [0.2, 0.25) is 0 Å². The van der Waals surface area contributed by atoms with Gasteiger partial charge in [-0.2, -0.15) is 0 Å². The molecule has 2 atom stereocenters. The standard InChI is InChI=1S/C26H30N2O5/c1-4-12-24(25(30)27-23(5-2)19-32-20(3)29)28(17-21-13-8-6-9-14-21)26(31)33-18-22-15-10-7-11-16-22/h4-11,13-16,23-24H,1-2,12,17-19H2,3H3,(H,27,30)/t23-,24+/m1/s1. The number of rotatable bonds is 12. The average Bonchev–Trinajstić information content (AvgIpc) is 2.83. The van der Waals surface area contributed by atoms with Gasteiger partial charge in [-0.05, 0) is 17.5 Å². The molecule has 0 saturated heterocycles. The summed E-state index contributed by atoms with van der Waals surface area (Å²) in [7, 11) is 0. The first-order valence-electron chi connectivity index (χ1n) is 10.6. The van der Waals surface area contributed by atoms with Crippen LogP contribution in [0.15, 0.2) is 86.0 Å². The van der Waals surface area contributed by atoms with E-state index in [-0.39, 0.29) is 26.2 Å². The highest BCUT2D eigenvalue weighted by atomic mass is 16.6. The van der Waals surface area contributed by atoms with Crippen molar-refractivity contribution in [3.8, 4) is 0 Å². The van der Waals surface area contributed by atoms with Crippen molar-refractivity contribution >= 4 is 18.0 Å². The van der Waals surface area contributed by atoms with Crippen LogP contribution in [-0.2, 0) is 32.2 Å². The number of amides is 2. The molecule has 0 radical (unpaired) electrons. The Morgan fingerprint density at radius 3 is 2.12 bits per heavy atom. The van der Waals surface area contributed by atoms with E-state index < -0.39 is 30.1 Å². The van der Waals surface area contributed by atoms with E-state index in [4.69, 9.17) is 9.47 Å². The molecule has 2 aromatic carbocycles. The van der Waals surface area contributed by atoms with Gasteiger partial charge in [0.15, 0.2) is 0 Å². The van der Waals surface area contributed by atoms with Crippen LogP contribution in [-0.4, -0.2) is 41.6 Å². The fourth-order valence-electron chi connectivity index (χ4n) is 3.07. The molecular weight excluding hydrogens is 420 g/mol. The van der Waals surface area contributed by atoms with Crippen molar-refractivity contribution in [2.45, 2.75) is 38.6 Å². The molecule has 2 rings (SSSR count). The Balaban J connectivity index is 2.22. The smallest absolute Gasteiger partial charge is 0.411 e. The molecular formula is C26H30N2O5. The second-order valence-electron chi connectivity index (χ2n) is 7.35. The highest BCUT2D eigenvalue weighted by molar-refractivity contribution is 5.86. The fraction of sp³-hybridized carbons (Fsp3) is 0.269. The summed E-state index contributed by atoms with van der Waals surface area (Å²) in [6, 6.07) is 17.1. The molecule has 0 fully saturated rings. The Morgan fingerprint density at radius 1 is 0.970 bits per heavy atom. The number of ether oxygens (including phenoxy) is 2.